The first-order valence-electron chi connectivity index (χ1n) is 7.23. The summed E-state index contributed by atoms with van der Waals surface area (Å²) in [4.78, 5) is 0. The van der Waals surface area contributed by atoms with Crippen LogP contribution in [-0.2, 0) is 11.2 Å². The second kappa shape index (κ2) is 7.55. The average Bonchev–Trinajstić information content (AvgIpc) is 2.93. The van der Waals surface area contributed by atoms with Gasteiger partial charge in [0.05, 0.1) is 6.61 Å². The van der Waals surface area contributed by atoms with E-state index in [1.54, 1.807) is 0 Å². The Morgan fingerprint density at radius 3 is 2.61 bits per heavy atom. The molecule has 1 atom stereocenters. The fourth-order valence-corrected chi connectivity index (χ4v) is 2.76. The smallest absolute Gasteiger partial charge is 0.0620 e. The summed E-state index contributed by atoms with van der Waals surface area (Å²) in [7, 11) is 0. The fraction of sp³-hybridized carbons (Fsp3) is 0.625. The molecule has 2 nitrogen and oxygen atoms in total. The van der Waals surface area contributed by atoms with Gasteiger partial charge in [-0.15, -0.1) is 0 Å². The molecular weight excluding hydrogens is 222 g/mol. The molecule has 0 amide bonds. The summed E-state index contributed by atoms with van der Waals surface area (Å²) in [5.74, 6) is 0.708. The molecule has 0 aromatic heterocycles. The molecule has 0 radical (unpaired) electrons. The van der Waals surface area contributed by atoms with Gasteiger partial charge < -0.3 is 10.5 Å². The maximum Gasteiger partial charge on any atom is 0.0620 e. The molecular formula is C16H25NO. The van der Waals surface area contributed by atoms with Crippen molar-refractivity contribution >= 4 is 0 Å². The Labute approximate surface area is 111 Å². The first kappa shape index (κ1) is 13.6. The van der Waals surface area contributed by atoms with Crippen LogP contribution < -0.4 is 5.73 Å². The van der Waals surface area contributed by atoms with Crippen LogP contribution in [-0.4, -0.2) is 19.3 Å². The number of hydrogen-bond donors (Lipinski definition) is 1. The average molecular weight is 247 g/mol. The maximum absolute atomic E-state index is 6.15. The lowest BCUT2D eigenvalue weighted by Gasteiger charge is -2.18. The zero-order valence-corrected chi connectivity index (χ0v) is 11.2. The number of benzene rings is 1. The fourth-order valence-electron chi connectivity index (χ4n) is 2.76. The van der Waals surface area contributed by atoms with Gasteiger partial charge in [0.2, 0.25) is 0 Å². The predicted octanol–water partition coefficient (Wildman–Crippen LogP) is 3.15. The molecule has 100 valence electrons. The third-order valence-corrected chi connectivity index (χ3v) is 3.91. The number of aryl methyl sites for hydroxylation is 1. The van der Waals surface area contributed by atoms with Gasteiger partial charge in [0.25, 0.3) is 0 Å². The van der Waals surface area contributed by atoms with Crippen LogP contribution in [0.15, 0.2) is 30.3 Å². The van der Waals surface area contributed by atoms with Crippen molar-refractivity contribution in [2.75, 3.05) is 13.2 Å². The molecule has 1 saturated carbocycles. The van der Waals surface area contributed by atoms with Crippen molar-refractivity contribution < 1.29 is 4.74 Å². The van der Waals surface area contributed by atoms with E-state index in [2.05, 4.69) is 30.3 Å². The van der Waals surface area contributed by atoms with Crippen molar-refractivity contribution in [2.24, 2.45) is 11.7 Å². The van der Waals surface area contributed by atoms with Gasteiger partial charge in [-0.1, -0.05) is 43.2 Å². The van der Waals surface area contributed by atoms with E-state index in [9.17, 15) is 0 Å². The largest absolute Gasteiger partial charge is 0.380 e. The van der Waals surface area contributed by atoms with Crippen LogP contribution >= 0.6 is 0 Å². The molecule has 1 aliphatic rings. The summed E-state index contributed by atoms with van der Waals surface area (Å²) in [6.07, 6.45) is 7.49. The van der Waals surface area contributed by atoms with E-state index < -0.39 is 0 Å². The zero-order chi connectivity index (χ0) is 12.6. The molecule has 1 aromatic carbocycles. The molecule has 2 N–H and O–H groups in total. The van der Waals surface area contributed by atoms with E-state index in [0.29, 0.717) is 5.92 Å². The predicted molar refractivity (Wildman–Crippen MR) is 75.5 cm³/mol. The van der Waals surface area contributed by atoms with Gasteiger partial charge in [-0.05, 0) is 37.2 Å². The van der Waals surface area contributed by atoms with Crippen molar-refractivity contribution in [2.45, 2.75) is 44.6 Å². The third kappa shape index (κ3) is 4.43. The SMILES string of the molecule is NC(COCCCc1ccccc1)C1CCCC1. The van der Waals surface area contributed by atoms with Gasteiger partial charge in [0.15, 0.2) is 0 Å². The van der Waals surface area contributed by atoms with E-state index in [1.807, 2.05) is 0 Å². The summed E-state index contributed by atoms with van der Waals surface area (Å²) in [5, 5.41) is 0. The topological polar surface area (TPSA) is 35.2 Å². The highest BCUT2D eigenvalue weighted by Gasteiger charge is 2.21. The lowest BCUT2D eigenvalue weighted by Crippen LogP contribution is -2.33. The minimum Gasteiger partial charge on any atom is -0.380 e. The highest BCUT2D eigenvalue weighted by Crippen LogP contribution is 2.26. The van der Waals surface area contributed by atoms with Crippen LogP contribution in [0.5, 0.6) is 0 Å². The molecule has 0 aliphatic heterocycles. The molecule has 1 unspecified atom stereocenters. The number of rotatable bonds is 7. The van der Waals surface area contributed by atoms with Crippen molar-refractivity contribution in [1.29, 1.82) is 0 Å². The van der Waals surface area contributed by atoms with Gasteiger partial charge >= 0.3 is 0 Å². The Morgan fingerprint density at radius 1 is 1.17 bits per heavy atom. The van der Waals surface area contributed by atoms with Crippen LogP contribution in [0, 0.1) is 5.92 Å². The van der Waals surface area contributed by atoms with E-state index >= 15 is 0 Å². The summed E-state index contributed by atoms with van der Waals surface area (Å²) in [6, 6.07) is 10.8. The molecule has 0 bridgehead atoms. The van der Waals surface area contributed by atoms with E-state index in [0.717, 1.165) is 26.1 Å². The second-order valence-corrected chi connectivity index (χ2v) is 5.37. The summed E-state index contributed by atoms with van der Waals surface area (Å²) >= 11 is 0. The molecule has 1 aromatic rings. The number of hydrogen-bond acceptors (Lipinski definition) is 2. The number of nitrogens with two attached hydrogens (primary N) is 1. The lowest BCUT2D eigenvalue weighted by molar-refractivity contribution is 0.104. The summed E-state index contributed by atoms with van der Waals surface area (Å²) in [6.45, 7) is 1.56. The Morgan fingerprint density at radius 2 is 1.89 bits per heavy atom. The maximum atomic E-state index is 6.15. The minimum atomic E-state index is 0.254. The van der Waals surface area contributed by atoms with Crippen LogP contribution in [0.4, 0.5) is 0 Å². The Hall–Kier alpha value is -0.860. The number of ether oxygens (including phenoxy) is 1. The van der Waals surface area contributed by atoms with Gasteiger partial charge in [-0.3, -0.25) is 0 Å². The standard InChI is InChI=1S/C16H25NO/c17-16(15-10-4-5-11-15)13-18-12-6-9-14-7-2-1-3-8-14/h1-3,7-8,15-16H,4-6,9-13,17H2. The molecule has 1 fully saturated rings. The first-order chi connectivity index (χ1) is 8.86. The van der Waals surface area contributed by atoms with Crippen LogP contribution in [0.3, 0.4) is 0 Å². The Kier molecular flexibility index (Phi) is 5.69. The van der Waals surface area contributed by atoms with Gasteiger partial charge in [0, 0.05) is 12.6 Å². The van der Waals surface area contributed by atoms with Gasteiger partial charge in [-0.25, -0.2) is 0 Å². The minimum absolute atomic E-state index is 0.254. The Balaban J connectivity index is 1.53. The summed E-state index contributed by atoms with van der Waals surface area (Å²) < 4.78 is 5.70. The van der Waals surface area contributed by atoms with Crippen LogP contribution in [0.25, 0.3) is 0 Å². The summed E-state index contributed by atoms with van der Waals surface area (Å²) in [5.41, 5.74) is 7.54. The molecule has 2 rings (SSSR count). The quantitative estimate of drug-likeness (QED) is 0.751. The molecule has 0 saturated heterocycles. The highest BCUT2D eigenvalue weighted by atomic mass is 16.5. The zero-order valence-electron chi connectivity index (χ0n) is 11.2. The molecule has 0 spiro atoms. The van der Waals surface area contributed by atoms with Crippen molar-refractivity contribution in [3.05, 3.63) is 35.9 Å². The van der Waals surface area contributed by atoms with Crippen LogP contribution in [0.2, 0.25) is 0 Å². The molecule has 1 aliphatic carbocycles. The second-order valence-electron chi connectivity index (χ2n) is 5.37. The highest BCUT2D eigenvalue weighted by molar-refractivity contribution is 5.14. The monoisotopic (exact) mass is 247 g/mol. The van der Waals surface area contributed by atoms with Gasteiger partial charge in [-0.2, -0.15) is 0 Å². The van der Waals surface area contributed by atoms with E-state index in [-0.39, 0.29) is 6.04 Å². The lowest BCUT2D eigenvalue weighted by atomic mass is 10.00. The molecule has 18 heavy (non-hydrogen) atoms. The molecule has 2 heteroatoms. The van der Waals surface area contributed by atoms with Crippen LogP contribution in [0.1, 0.15) is 37.7 Å². The molecule has 0 heterocycles. The van der Waals surface area contributed by atoms with Crippen molar-refractivity contribution in [1.82, 2.24) is 0 Å². The normalized spacial score (nSPS) is 18.1. The van der Waals surface area contributed by atoms with E-state index in [4.69, 9.17) is 10.5 Å². The van der Waals surface area contributed by atoms with E-state index in [1.165, 1.54) is 31.2 Å². The third-order valence-electron chi connectivity index (χ3n) is 3.91. The Bertz CT molecular complexity index is 319. The first-order valence-corrected chi connectivity index (χ1v) is 7.23. The van der Waals surface area contributed by atoms with Crippen molar-refractivity contribution in [3.63, 3.8) is 0 Å². The van der Waals surface area contributed by atoms with Crippen molar-refractivity contribution in [3.8, 4) is 0 Å². The van der Waals surface area contributed by atoms with Gasteiger partial charge in [0.1, 0.15) is 0 Å².